The normalized spacial score (nSPS) is 26.5. The molecule has 12 heteroatoms. The molecule has 3 heterocycles. The lowest BCUT2D eigenvalue weighted by Crippen LogP contribution is -2.57. The van der Waals surface area contributed by atoms with E-state index in [-0.39, 0.29) is 47.6 Å². The Morgan fingerprint density at radius 2 is 1.80 bits per heavy atom. The smallest absolute Gasteiger partial charge is 0.228 e. The van der Waals surface area contributed by atoms with Crippen LogP contribution in [-0.2, 0) is 31.1 Å². The van der Waals surface area contributed by atoms with Gasteiger partial charge in [0.15, 0.2) is 0 Å². The van der Waals surface area contributed by atoms with Crippen molar-refractivity contribution in [3.05, 3.63) is 70.9 Å². The van der Waals surface area contributed by atoms with Crippen LogP contribution in [-0.4, -0.2) is 69.5 Å². The van der Waals surface area contributed by atoms with Gasteiger partial charge >= 0.3 is 0 Å². The molecule has 0 aliphatic carbocycles. The van der Waals surface area contributed by atoms with Gasteiger partial charge in [0.05, 0.1) is 23.7 Å². The van der Waals surface area contributed by atoms with E-state index >= 15 is 4.39 Å². The van der Waals surface area contributed by atoms with Crippen LogP contribution in [0, 0.1) is 18.2 Å². The van der Waals surface area contributed by atoms with Crippen molar-refractivity contribution in [1.82, 2.24) is 9.62 Å². The van der Waals surface area contributed by atoms with Gasteiger partial charge in [0.1, 0.15) is 15.7 Å². The Labute approximate surface area is 247 Å². The molecule has 0 aromatic heterocycles. The summed E-state index contributed by atoms with van der Waals surface area (Å²) >= 11 is 6.08. The Kier molecular flexibility index (Phi) is 9.40. The maximum absolute atomic E-state index is 15.1. The molecule has 1 radical (unpaired) electrons. The van der Waals surface area contributed by atoms with Gasteiger partial charge in [-0.3, -0.25) is 4.79 Å². The summed E-state index contributed by atoms with van der Waals surface area (Å²) in [6, 6.07) is 11.5. The summed E-state index contributed by atoms with van der Waals surface area (Å²) in [5.41, 5.74) is 1.53. The second kappa shape index (κ2) is 12.7. The third-order valence-electron chi connectivity index (χ3n) is 8.56. The molecule has 5 rings (SSSR count). The molecular weight excluding hydrogens is 589 g/mol. The van der Waals surface area contributed by atoms with Crippen molar-refractivity contribution in [2.24, 2.45) is 5.92 Å². The van der Waals surface area contributed by atoms with Gasteiger partial charge in [0, 0.05) is 41.4 Å². The number of anilines is 1. The van der Waals surface area contributed by atoms with Gasteiger partial charge in [0.2, 0.25) is 15.9 Å². The standard InChI is InChI=1S/C29H36ClFN3O5S2/c30-22-8-6-20(7-9-22)26(21-12-15-40(36,37)16-13-21)17-29(35)33-28-5-1-4-27(31)25(28)11-10-24-18-32-23-3-2-14-41(38,39)34(24)19-23/h1,4-9,17,21,23-24,26,32H,2-3,10-16,18-19H2,(H,33,35)/t23?,24-,26-/m0/s1. The van der Waals surface area contributed by atoms with E-state index in [9.17, 15) is 21.6 Å². The quantitative estimate of drug-likeness (QED) is 0.460. The molecule has 0 spiro atoms. The zero-order chi connectivity index (χ0) is 29.2. The van der Waals surface area contributed by atoms with Crippen molar-refractivity contribution in [3.63, 3.8) is 0 Å². The highest BCUT2D eigenvalue weighted by Crippen LogP contribution is 2.36. The van der Waals surface area contributed by atoms with Gasteiger partial charge in [-0.15, -0.1) is 0 Å². The first kappa shape index (κ1) is 30.4. The number of nitrogens with one attached hydrogen (secondary N) is 2. The van der Waals surface area contributed by atoms with Crippen molar-refractivity contribution >= 4 is 43.1 Å². The predicted molar refractivity (Wildman–Crippen MR) is 159 cm³/mol. The van der Waals surface area contributed by atoms with E-state index in [1.54, 1.807) is 28.9 Å². The molecule has 4 atom stereocenters. The summed E-state index contributed by atoms with van der Waals surface area (Å²) < 4.78 is 66.4. The third kappa shape index (κ3) is 7.48. The number of halogens is 2. The highest BCUT2D eigenvalue weighted by atomic mass is 35.5. The number of hydrogen-bond acceptors (Lipinski definition) is 6. The van der Waals surface area contributed by atoms with Crippen LogP contribution in [0.5, 0.6) is 0 Å². The van der Waals surface area contributed by atoms with E-state index in [1.165, 1.54) is 12.1 Å². The Hall–Kier alpha value is -2.05. The Bertz CT molecular complexity index is 1460. The van der Waals surface area contributed by atoms with E-state index in [0.717, 1.165) is 12.0 Å². The number of carbonyl (C=O) groups is 1. The van der Waals surface area contributed by atoms with Crippen LogP contribution in [0.2, 0.25) is 5.02 Å². The van der Waals surface area contributed by atoms with Crippen LogP contribution in [0.1, 0.15) is 49.1 Å². The van der Waals surface area contributed by atoms with Crippen LogP contribution < -0.4 is 10.6 Å². The largest absolute Gasteiger partial charge is 0.325 e. The van der Waals surface area contributed by atoms with E-state index in [0.29, 0.717) is 55.0 Å². The van der Waals surface area contributed by atoms with Gasteiger partial charge < -0.3 is 10.6 Å². The molecule has 0 saturated carbocycles. The number of hydrogen-bond donors (Lipinski definition) is 2. The SMILES string of the molecule is O=C([CH][C@@H](c1ccc(Cl)cc1)C1CCS(=O)(=O)CC1)Nc1cccc(F)c1CC[C@H]1CNC2CCCS(=O)(=O)N1C2. The van der Waals surface area contributed by atoms with Crippen LogP contribution >= 0.6 is 11.6 Å². The van der Waals surface area contributed by atoms with E-state index in [2.05, 4.69) is 10.6 Å². The molecule has 2 bridgehead atoms. The van der Waals surface area contributed by atoms with Crippen LogP contribution in [0.4, 0.5) is 10.1 Å². The molecule has 8 nitrogen and oxygen atoms in total. The first-order valence-corrected chi connectivity index (χ1v) is 17.9. The van der Waals surface area contributed by atoms with Crippen molar-refractivity contribution in [2.45, 2.75) is 56.5 Å². The fourth-order valence-electron chi connectivity index (χ4n) is 6.28. The second-order valence-corrected chi connectivity index (χ2v) is 16.1. The number of rotatable bonds is 8. The zero-order valence-corrected chi connectivity index (χ0v) is 25.2. The first-order valence-electron chi connectivity index (χ1n) is 14.1. The molecule has 2 unspecified atom stereocenters. The summed E-state index contributed by atoms with van der Waals surface area (Å²) in [7, 11) is -6.45. The van der Waals surface area contributed by atoms with Gasteiger partial charge in [-0.25, -0.2) is 21.2 Å². The fourth-order valence-corrected chi connectivity index (χ4v) is 9.74. The second-order valence-electron chi connectivity index (χ2n) is 11.3. The summed E-state index contributed by atoms with van der Waals surface area (Å²) in [6.45, 7) is 0.936. The highest BCUT2D eigenvalue weighted by Gasteiger charge is 2.38. The number of piperazine rings is 1. The highest BCUT2D eigenvalue weighted by molar-refractivity contribution is 7.91. The minimum absolute atomic E-state index is 0.0457. The number of nitrogens with zero attached hydrogens (tertiary/aromatic N) is 1. The van der Waals surface area contributed by atoms with Crippen molar-refractivity contribution in [1.29, 1.82) is 0 Å². The van der Waals surface area contributed by atoms with Gasteiger partial charge in [0.25, 0.3) is 0 Å². The summed E-state index contributed by atoms with van der Waals surface area (Å²) in [6.07, 6.45) is 4.55. The zero-order valence-electron chi connectivity index (χ0n) is 22.8. The topological polar surface area (TPSA) is 113 Å². The minimum Gasteiger partial charge on any atom is -0.325 e. The minimum atomic E-state index is -3.37. The number of sulfonamides is 1. The lowest BCUT2D eigenvalue weighted by atomic mass is 9.80. The van der Waals surface area contributed by atoms with E-state index in [1.807, 2.05) is 12.1 Å². The summed E-state index contributed by atoms with van der Waals surface area (Å²) in [4.78, 5) is 13.3. The third-order valence-corrected chi connectivity index (χ3v) is 12.5. The number of benzene rings is 2. The fraction of sp³-hybridized carbons (Fsp3) is 0.517. The average Bonchev–Trinajstić information content (AvgIpc) is 3.04. The molecule has 3 aliphatic rings. The lowest BCUT2D eigenvalue weighted by Gasteiger charge is -2.37. The number of carbonyl (C=O) groups excluding carboxylic acids is 1. The molecule has 3 aliphatic heterocycles. The van der Waals surface area contributed by atoms with Crippen molar-refractivity contribution in [2.75, 3.05) is 35.7 Å². The van der Waals surface area contributed by atoms with Gasteiger partial charge in [-0.1, -0.05) is 29.8 Å². The predicted octanol–water partition coefficient (Wildman–Crippen LogP) is 3.93. The molecule has 3 fully saturated rings. The number of sulfone groups is 1. The average molecular weight is 625 g/mol. The molecule has 2 aromatic carbocycles. The number of amides is 1. The van der Waals surface area contributed by atoms with Crippen LogP contribution in [0.3, 0.4) is 0 Å². The Balaban J connectivity index is 1.30. The molecular formula is C29H36ClFN3O5S2. The maximum Gasteiger partial charge on any atom is 0.228 e. The monoisotopic (exact) mass is 624 g/mol. The molecule has 223 valence electrons. The molecule has 3 saturated heterocycles. The Morgan fingerprint density at radius 1 is 1.07 bits per heavy atom. The Morgan fingerprint density at radius 3 is 2.54 bits per heavy atom. The summed E-state index contributed by atoms with van der Waals surface area (Å²) in [5, 5.41) is 6.84. The molecule has 2 aromatic rings. The van der Waals surface area contributed by atoms with Crippen molar-refractivity contribution < 1.29 is 26.0 Å². The number of fused-ring (bicyclic) bond motifs is 2. The van der Waals surface area contributed by atoms with Crippen LogP contribution in [0.15, 0.2) is 42.5 Å². The summed E-state index contributed by atoms with van der Waals surface area (Å²) in [5.74, 6) is -0.980. The van der Waals surface area contributed by atoms with Crippen molar-refractivity contribution in [3.8, 4) is 0 Å². The molecule has 2 N–H and O–H groups in total. The van der Waals surface area contributed by atoms with E-state index in [4.69, 9.17) is 11.6 Å². The maximum atomic E-state index is 15.1. The van der Waals surface area contributed by atoms with Gasteiger partial charge in [-0.05, 0) is 80.2 Å². The van der Waals surface area contributed by atoms with E-state index < -0.39 is 31.6 Å². The van der Waals surface area contributed by atoms with Crippen LogP contribution in [0.25, 0.3) is 0 Å². The first-order chi connectivity index (χ1) is 19.5. The molecule has 41 heavy (non-hydrogen) atoms. The molecule has 1 amide bonds. The lowest BCUT2D eigenvalue weighted by molar-refractivity contribution is -0.113. The van der Waals surface area contributed by atoms with Gasteiger partial charge in [-0.2, -0.15) is 4.31 Å².